The molecule has 0 saturated carbocycles. The molecule has 1 aliphatic heterocycles. The van der Waals surface area contributed by atoms with Crippen LogP contribution in [-0.2, 0) is 6.54 Å². The van der Waals surface area contributed by atoms with Crippen LogP contribution >= 0.6 is 11.6 Å². The van der Waals surface area contributed by atoms with E-state index < -0.39 is 0 Å². The summed E-state index contributed by atoms with van der Waals surface area (Å²) < 4.78 is 5.48. The van der Waals surface area contributed by atoms with Crippen molar-refractivity contribution in [1.29, 1.82) is 5.26 Å². The lowest BCUT2D eigenvalue weighted by Gasteiger charge is -2.22. The highest BCUT2D eigenvalue weighted by atomic mass is 35.5. The summed E-state index contributed by atoms with van der Waals surface area (Å²) in [6.07, 6.45) is 0.993. The minimum atomic E-state index is 0.274. The van der Waals surface area contributed by atoms with Crippen molar-refractivity contribution in [3.8, 4) is 11.8 Å². The minimum absolute atomic E-state index is 0.274. The maximum atomic E-state index is 8.88. The van der Waals surface area contributed by atoms with Crippen LogP contribution in [0.2, 0.25) is 5.02 Å². The average molecular weight is 398 g/mol. The number of nitrogens with zero attached hydrogens (tertiary/aromatic N) is 3. The Hall–Kier alpha value is -2.91. The van der Waals surface area contributed by atoms with E-state index in [1.54, 1.807) is 14.2 Å². The molecule has 28 heavy (non-hydrogen) atoms. The predicted octanol–water partition coefficient (Wildman–Crippen LogP) is 3.16. The van der Waals surface area contributed by atoms with E-state index in [0.29, 0.717) is 17.1 Å². The molecule has 1 unspecified atom stereocenters. The third-order valence-corrected chi connectivity index (χ3v) is 5.01. The summed E-state index contributed by atoms with van der Waals surface area (Å²) >= 11 is 6.17. The number of halogens is 1. The molecule has 7 heteroatoms. The van der Waals surface area contributed by atoms with E-state index in [4.69, 9.17) is 21.6 Å². The number of aliphatic imine (C=N–C) groups is 1. The molecule has 146 valence electrons. The van der Waals surface area contributed by atoms with Crippen LogP contribution in [0.5, 0.6) is 5.75 Å². The van der Waals surface area contributed by atoms with E-state index in [1.165, 1.54) is 0 Å². The zero-order chi connectivity index (χ0) is 19.9. The quantitative estimate of drug-likeness (QED) is 0.599. The van der Waals surface area contributed by atoms with Crippen molar-refractivity contribution in [2.45, 2.75) is 19.0 Å². The molecule has 2 aromatic rings. The zero-order valence-corrected chi connectivity index (χ0v) is 16.8. The summed E-state index contributed by atoms with van der Waals surface area (Å²) in [6, 6.07) is 15.6. The summed E-state index contributed by atoms with van der Waals surface area (Å²) in [7, 11) is 3.44. The Morgan fingerprint density at radius 1 is 1.32 bits per heavy atom. The van der Waals surface area contributed by atoms with Crippen molar-refractivity contribution >= 4 is 23.2 Å². The molecular weight excluding hydrogens is 374 g/mol. The van der Waals surface area contributed by atoms with Gasteiger partial charge >= 0.3 is 0 Å². The van der Waals surface area contributed by atoms with E-state index in [9.17, 15) is 0 Å². The summed E-state index contributed by atoms with van der Waals surface area (Å²) in [6.45, 7) is 2.40. The van der Waals surface area contributed by atoms with Crippen molar-refractivity contribution in [3.63, 3.8) is 0 Å². The Morgan fingerprint density at radius 2 is 2.11 bits per heavy atom. The fraction of sp³-hybridized carbons (Fsp3) is 0.333. The van der Waals surface area contributed by atoms with Gasteiger partial charge in [-0.3, -0.25) is 4.99 Å². The first-order valence-electron chi connectivity index (χ1n) is 9.17. The Balaban J connectivity index is 1.56. The van der Waals surface area contributed by atoms with Gasteiger partial charge in [0.05, 0.1) is 24.4 Å². The number of nitriles is 1. The highest BCUT2D eigenvalue weighted by Gasteiger charge is 2.25. The van der Waals surface area contributed by atoms with Crippen molar-refractivity contribution < 1.29 is 4.74 Å². The number of benzene rings is 2. The number of nitrogens with one attached hydrogen (secondary N) is 2. The summed E-state index contributed by atoms with van der Waals surface area (Å²) in [5, 5.41) is 16.4. The summed E-state index contributed by atoms with van der Waals surface area (Å²) in [4.78, 5) is 6.60. The van der Waals surface area contributed by atoms with Gasteiger partial charge in [-0.2, -0.15) is 5.26 Å². The van der Waals surface area contributed by atoms with Gasteiger partial charge in [-0.05, 0) is 42.3 Å². The average Bonchev–Trinajstić information content (AvgIpc) is 3.19. The van der Waals surface area contributed by atoms with E-state index >= 15 is 0 Å². The fourth-order valence-corrected chi connectivity index (χ4v) is 3.44. The van der Waals surface area contributed by atoms with Crippen molar-refractivity contribution in [2.75, 3.05) is 32.1 Å². The largest absolute Gasteiger partial charge is 0.495 e. The SMILES string of the molecule is CN=C(NCc1ccc(C#N)cc1)NC1CCN(c2cc(Cl)ccc2OC)C1. The topological polar surface area (TPSA) is 72.7 Å². The first-order chi connectivity index (χ1) is 13.6. The first kappa shape index (κ1) is 19.8. The Kier molecular flexibility index (Phi) is 6.62. The van der Waals surface area contributed by atoms with Gasteiger partial charge in [0.15, 0.2) is 5.96 Å². The Morgan fingerprint density at radius 3 is 2.79 bits per heavy atom. The number of methoxy groups -OCH3 is 1. The van der Waals surface area contributed by atoms with Crippen LogP contribution in [0.15, 0.2) is 47.5 Å². The van der Waals surface area contributed by atoms with E-state index in [0.717, 1.165) is 42.5 Å². The second kappa shape index (κ2) is 9.34. The van der Waals surface area contributed by atoms with Crippen LogP contribution in [-0.4, -0.2) is 39.2 Å². The maximum Gasteiger partial charge on any atom is 0.191 e. The molecule has 0 spiro atoms. The van der Waals surface area contributed by atoms with Crippen LogP contribution < -0.4 is 20.3 Å². The highest BCUT2D eigenvalue weighted by molar-refractivity contribution is 6.30. The summed E-state index contributed by atoms with van der Waals surface area (Å²) in [5.41, 5.74) is 2.77. The van der Waals surface area contributed by atoms with E-state index in [2.05, 4.69) is 26.6 Å². The summed E-state index contributed by atoms with van der Waals surface area (Å²) in [5.74, 6) is 1.59. The number of guanidine groups is 1. The van der Waals surface area contributed by atoms with Crippen molar-refractivity contribution in [3.05, 3.63) is 58.6 Å². The Labute approximate surface area is 170 Å². The van der Waals surface area contributed by atoms with Gasteiger partial charge in [0.2, 0.25) is 0 Å². The molecule has 0 aromatic heterocycles. The monoisotopic (exact) mass is 397 g/mol. The number of hydrogen-bond acceptors (Lipinski definition) is 4. The Bertz CT molecular complexity index is 875. The molecule has 2 aromatic carbocycles. The van der Waals surface area contributed by atoms with Crippen LogP contribution in [0, 0.1) is 11.3 Å². The molecule has 0 aliphatic carbocycles. The molecule has 1 saturated heterocycles. The molecule has 6 nitrogen and oxygen atoms in total. The second-order valence-electron chi connectivity index (χ2n) is 6.63. The normalized spacial score (nSPS) is 16.6. The standard InChI is InChI=1S/C21H24ClN5O/c1-24-21(25-13-16-5-3-15(12-23)4-6-16)26-18-9-10-27(14-18)19-11-17(22)7-8-20(19)28-2/h3-8,11,18H,9-10,13-14H2,1-2H3,(H2,24,25,26). The molecule has 1 fully saturated rings. The number of anilines is 1. The second-order valence-corrected chi connectivity index (χ2v) is 7.06. The molecule has 0 amide bonds. The van der Waals surface area contributed by atoms with E-state index in [1.807, 2.05) is 42.5 Å². The first-order valence-corrected chi connectivity index (χ1v) is 9.55. The number of ether oxygens (including phenoxy) is 1. The molecule has 1 atom stereocenters. The van der Waals surface area contributed by atoms with Gasteiger partial charge in [0.25, 0.3) is 0 Å². The highest BCUT2D eigenvalue weighted by Crippen LogP contribution is 2.33. The van der Waals surface area contributed by atoms with E-state index in [-0.39, 0.29) is 6.04 Å². The predicted molar refractivity (Wildman–Crippen MR) is 113 cm³/mol. The van der Waals surface area contributed by atoms with Crippen molar-refractivity contribution in [2.24, 2.45) is 4.99 Å². The lowest BCUT2D eigenvalue weighted by atomic mass is 10.1. The van der Waals surface area contributed by atoms with Gasteiger partial charge in [-0.1, -0.05) is 23.7 Å². The number of rotatable bonds is 5. The molecule has 3 rings (SSSR count). The van der Waals surface area contributed by atoms with Gasteiger partial charge in [-0.15, -0.1) is 0 Å². The van der Waals surface area contributed by atoms with Gasteiger partial charge < -0.3 is 20.3 Å². The van der Waals surface area contributed by atoms with Crippen LogP contribution in [0.1, 0.15) is 17.5 Å². The fourth-order valence-electron chi connectivity index (χ4n) is 3.28. The van der Waals surface area contributed by atoms with Gasteiger partial charge in [-0.25, -0.2) is 0 Å². The smallest absolute Gasteiger partial charge is 0.191 e. The van der Waals surface area contributed by atoms with Crippen LogP contribution in [0.4, 0.5) is 5.69 Å². The van der Waals surface area contributed by atoms with Gasteiger partial charge in [0.1, 0.15) is 5.75 Å². The lowest BCUT2D eigenvalue weighted by Crippen LogP contribution is -2.44. The molecular formula is C21H24ClN5O. The van der Waals surface area contributed by atoms with Crippen LogP contribution in [0.25, 0.3) is 0 Å². The minimum Gasteiger partial charge on any atom is -0.495 e. The maximum absolute atomic E-state index is 8.88. The third kappa shape index (κ3) is 4.87. The molecule has 1 heterocycles. The molecule has 0 radical (unpaired) electrons. The van der Waals surface area contributed by atoms with Crippen LogP contribution in [0.3, 0.4) is 0 Å². The molecule has 2 N–H and O–H groups in total. The molecule has 1 aliphatic rings. The van der Waals surface area contributed by atoms with Gasteiger partial charge in [0, 0.05) is 37.7 Å². The lowest BCUT2D eigenvalue weighted by molar-refractivity contribution is 0.415. The zero-order valence-electron chi connectivity index (χ0n) is 16.1. The third-order valence-electron chi connectivity index (χ3n) is 4.78. The van der Waals surface area contributed by atoms with Crippen molar-refractivity contribution in [1.82, 2.24) is 10.6 Å². The number of hydrogen-bond donors (Lipinski definition) is 2. The molecule has 0 bridgehead atoms.